The van der Waals surface area contributed by atoms with E-state index in [9.17, 15) is 0 Å². The Bertz CT molecular complexity index is 806. The van der Waals surface area contributed by atoms with E-state index in [0.717, 1.165) is 24.3 Å². The minimum atomic E-state index is -0.193. The lowest BCUT2D eigenvalue weighted by atomic mass is 10.1. The van der Waals surface area contributed by atoms with Crippen LogP contribution >= 0.6 is 0 Å². The Kier molecular flexibility index (Phi) is 10.9. The van der Waals surface area contributed by atoms with Gasteiger partial charge in [-0.2, -0.15) is 4.98 Å². The summed E-state index contributed by atoms with van der Waals surface area (Å²) in [7, 11) is 1.73. The largest absolute Gasteiger partial charge is 0.493 e. The van der Waals surface area contributed by atoms with Crippen molar-refractivity contribution in [2.45, 2.75) is 72.6 Å². The minimum absolute atomic E-state index is 0.193. The molecule has 172 valence electrons. The number of benzene rings is 1. The molecule has 1 unspecified atom stereocenters. The highest BCUT2D eigenvalue weighted by Crippen LogP contribution is 2.21. The molecule has 0 saturated carbocycles. The lowest BCUT2D eigenvalue weighted by molar-refractivity contribution is 0.0683. The van der Waals surface area contributed by atoms with E-state index < -0.39 is 0 Å². The van der Waals surface area contributed by atoms with Gasteiger partial charge in [0.05, 0.1) is 13.2 Å². The van der Waals surface area contributed by atoms with Crippen molar-refractivity contribution in [2.24, 2.45) is 4.99 Å². The molecule has 1 aromatic heterocycles. The van der Waals surface area contributed by atoms with Crippen LogP contribution in [0.2, 0.25) is 0 Å². The van der Waals surface area contributed by atoms with Crippen LogP contribution in [0, 0.1) is 6.92 Å². The van der Waals surface area contributed by atoms with E-state index in [1.54, 1.807) is 7.05 Å². The zero-order chi connectivity index (χ0) is 22.5. The standard InChI is InChI=1S/C23H37N5O3/c1-6-8-9-10-13-30-20-14-17(3)11-12-19(20)15-25-23(24-5)26-16-21-27-22(28-31-21)18(4)29-7-2/h11-12,14,18H,6-10,13,15-16H2,1-5H3,(H2,24,25,26). The van der Waals surface area contributed by atoms with E-state index >= 15 is 0 Å². The summed E-state index contributed by atoms with van der Waals surface area (Å²) < 4.78 is 16.8. The quantitative estimate of drug-likeness (QED) is 0.277. The van der Waals surface area contributed by atoms with E-state index in [4.69, 9.17) is 14.0 Å². The summed E-state index contributed by atoms with van der Waals surface area (Å²) in [6, 6.07) is 6.28. The average Bonchev–Trinajstić information content (AvgIpc) is 3.24. The van der Waals surface area contributed by atoms with Crippen LogP contribution in [0.3, 0.4) is 0 Å². The van der Waals surface area contributed by atoms with Gasteiger partial charge in [0.15, 0.2) is 11.8 Å². The molecule has 1 heterocycles. The zero-order valence-corrected chi connectivity index (χ0v) is 19.5. The van der Waals surface area contributed by atoms with Crippen LogP contribution in [0.25, 0.3) is 0 Å². The van der Waals surface area contributed by atoms with Gasteiger partial charge in [-0.15, -0.1) is 0 Å². The topological polar surface area (TPSA) is 93.8 Å². The van der Waals surface area contributed by atoms with Crippen molar-refractivity contribution in [1.82, 2.24) is 20.8 Å². The summed E-state index contributed by atoms with van der Waals surface area (Å²) >= 11 is 0. The van der Waals surface area contributed by atoms with Gasteiger partial charge in [-0.25, -0.2) is 0 Å². The molecule has 2 aromatic rings. The maximum atomic E-state index is 6.06. The summed E-state index contributed by atoms with van der Waals surface area (Å²) in [4.78, 5) is 8.64. The highest BCUT2D eigenvalue weighted by atomic mass is 16.5. The first-order valence-corrected chi connectivity index (χ1v) is 11.2. The van der Waals surface area contributed by atoms with Crippen LogP contribution in [0.1, 0.15) is 75.4 Å². The molecule has 31 heavy (non-hydrogen) atoms. The third-order valence-corrected chi connectivity index (χ3v) is 4.82. The van der Waals surface area contributed by atoms with Crippen molar-refractivity contribution in [3.8, 4) is 5.75 Å². The van der Waals surface area contributed by atoms with Crippen molar-refractivity contribution in [3.05, 3.63) is 41.0 Å². The van der Waals surface area contributed by atoms with E-state index in [0.29, 0.717) is 37.4 Å². The Morgan fingerprint density at radius 1 is 1.16 bits per heavy atom. The van der Waals surface area contributed by atoms with Crippen LogP contribution in [0.15, 0.2) is 27.7 Å². The third-order valence-electron chi connectivity index (χ3n) is 4.82. The number of aliphatic imine (C=N–C) groups is 1. The van der Waals surface area contributed by atoms with E-state index in [1.807, 2.05) is 13.8 Å². The molecule has 8 nitrogen and oxygen atoms in total. The smallest absolute Gasteiger partial charge is 0.246 e. The number of rotatable bonds is 13. The molecule has 0 amide bonds. The Balaban J connectivity index is 1.86. The number of hydrogen-bond acceptors (Lipinski definition) is 6. The van der Waals surface area contributed by atoms with Crippen molar-refractivity contribution in [2.75, 3.05) is 20.3 Å². The number of aryl methyl sites for hydroxylation is 1. The van der Waals surface area contributed by atoms with Gasteiger partial charge in [0.25, 0.3) is 0 Å². The number of hydrogen-bond donors (Lipinski definition) is 2. The lowest BCUT2D eigenvalue weighted by Gasteiger charge is -2.15. The summed E-state index contributed by atoms with van der Waals surface area (Å²) in [6.45, 7) is 10.4. The van der Waals surface area contributed by atoms with E-state index in [1.165, 1.54) is 24.8 Å². The molecule has 0 bridgehead atoms. The first-order valence-electron chi connectivity index (χ1n) is 11.2. The normalized spacial score (nSPS) is 12.6. The Morgan fingerprint density at radius 3 is 2.71 bits per heavy atom. The number of aromatic nitrogens is 2. The predicted octanol–water partition coefficient (Wildman–Crippen LogP) is 4.30. The average molecular weight is 432 g/mol. The molecule has 1 atom stereocenters. The van der Waals surface area contributed by atoms with Gasteiger partial charge in [0.2, 0.25) is 5.89 Å². The molecule has 2 N–H and O–H groups in total. The summed E-state index contributed by atoms with van der Waals surface area (Å²) in [5.74, 6) is 2.59. The van der Waals surface area contributed by atoms with E-state index in [2.05, 4.69) is 57.8 Å². The zero-order valence-electron chi connectivity index (χ0n) is 19.5. The van der Waals surface area contributed by atoms with Crippen LogP contribution < -0.4 is 15.4 Å². The van der Waals surface area contributed by atoms with Gasteiger partial charge in [0.1, 0.15) is 11.9 Å². The molecule has 0 fully saturated rings. The lowest BCUT2D eigenvalue weighted by Crippen LogP contribution is -2.36. The second-order valence-electron chi connectivity index (χ2n) is 7.44. The van der Waals surface area contributed by atoms with Gasteiger partial charge in [-0.1, -0.05) is 43.5 Å². The van der Waals surface area contributed by atoms with Crippen molar-refractivity contribution < 1.29 is 14.0 Å². The number of guanidine groups is 1. The molecule has 0 spiro atoms. The molecule has 0 radical (unpaired) electrons. The molecule has 0 saturated heterocycles. The van der Waals surface area contributed by atoms with Gasteiger partial charge in [-0.3, -0.25) is 4.99 Å². The summed E-state index contributed by atoms with van der Waals surface area (Å²) in [5, 5.41) is 10.5. The van der Waals surface area contributed by atoms with Gasteiger partial charge < -0.3 is 24.6 Å². The predicted molar refractivity (Wildman–Crippen MR) is 122 cm³/mol. The molecule has 1 aromatic carbocycles. The fourth-order valence-corrected chi connectivity index (χ4v) is 3.04. The van der Waals surface area contributed by atoms with E-state index in [-0.39, 0.29) is 6.10 Å². The highest BCUT2D eigenvalue weighted by Gasteiger charge is 2.14. The molecule has 8 heteroatoms. The molecule has 2 rings (SSSR count). The number of ether oxygens (including phenoxy) is 2. The first kappa shape index (κ1) is 24.7. The van der Waals surface area contributed by atoms with Crippen LogP contribution in [-0.4, -0.2) is 36.4 Å². The number of nitrogens with one attached hydrogen (secondary N) is 2. The van der Waals surface area contributed by atoms with Crippen molar-refractivity contribution >= 4 is 5.96 Å². The van der Waals surface area contributed by atoms with Gasteiger partial charge >= 0.3 is 0 Å². The van der Waals surface area contributed by atoms with Crippen molar-refractivity contribution in [3.63, 3.8) is 0 Å². The van der Waals surface area contributed by atoms with Crippen molar-refractivity contribution in [1.29, 1.82) is 0 Å². The Morgan fingerprint density at radius 2 is 1.97 bits per heavy atom. The van der Waals surface area contributed by atoms with Crippen LogP contribution in [0.4, 0.5) is 0 Å². The van der Waals surface area contributed by atoms with Crippen LogP contribution in [-0.2, 0) is 17.8 Å². The Labute approximate surface area is 185 Å². The Hall–Kier alpha value is -2.61. The second kappa shape index (κ2) is 13.6. The van der Waals surface area contributed by atoms with Crippen LogP contribution in [0.5, 0.6) is 5.75 Å². The number of nitrogens with zero attached hydrogens (tertiary/aromatic N) is 3. The van der Waals surface area contributed by atoms with Gasteiger partial charge in [-0.05, 0) is 38.8 Å². The fraction of sp³-hybridized carbons (Fsp3) is 0.609. The molecular weight excluding hydrogens is 394 g/mol. The fourth-order valence-electron chi connectivity index (χ4n) is 3.04. The second-order valence-corrected chi connectivity index (χ2v) is 7.44. The summed E-state index contributed by atoms with van der Waals surface area (Å²) in [5.41, 5.74) is 2.28. The van der Waals surface area contributed by atoms with Gasteiger partial charge in [0, 0.05) is 25.8 Å². The monoisotopic (exact) mass is 431 g/mol. The molecule has 0 aliphatic heterocycles. The first-order chi connectivity index (χ1) is 15.1. The molecule has 0 aliphatic rings. The molecule has 0 aliphatic carbocycles. The third kappa shape index (κ3) is 8.57. The molecular formula is C23H37N5O3. The minimum Gasteiger partial charge on any atom is -0.493 e. The maximum absolute atomic E-state index is 6.06. The SMILES string of the molecule is CCCCCCOc1cc(C)ccc1CNC(=NC)NCc1nc(C(C)OCC)no1. The summed E-state index contributed by atoms with van der Waals surface area (Å²) in [6.07, 6.45) is 4.56. The number of unbranched alkanes of at least 4 members (excludes halogenated alkanes) is 3. The maximum Gasteiger partial charge on any atom is 0.246 e. The highest BCUT2D eigenvalue weighted by molar-refractivity contribution is 5.79.